The van der Waals surface area contributed by atoms with Crippen molar-refractivity contribution in [3.8, 4) is 5.75 Å². The van der Waals surface area contributed by atoms with E-state index in [0.29, 0.717) is 22.3 Å². The van der Waals surface area contributed by atoms with Gasteiger partial charge in [-0.3, -0.25) is 0 Å². The van der Waals surface area contributed by atoms with Gasteiger partial charge in [0.25, 0.3) is 0 Å². The number of hydrogen-bond acceptors (Lipinski definition) is 5. The molecule has 3 aromatic rings. The van der Waals surface area contributed by atoms with E-state index in [0.717, 1.165) is 5.39 Å². The minimum absolute atomic E-state index is 0.00895. The number of halogens is 1. The number of fused-ring (bicyclic) bond motifs is 2. The molecule has 1 aromatic carbocycles. The molecule has 0 aliphatic heterocycles. The zero-order valence-corrected chi connectivity index (χ0v) is 12.9. The lowest BCUT2D eigenvalue weighted by Crippen LogP contribution is -2.35. The highest BCUT2D eigenvalue weighted by Crippen LogP contribution is 2.35. The Morgan fingerprint density at radius 3 is 2.73 bits per heavy atom. The molecule has 3 rings (SSSR count). The van der Waals surface area contributed by atoms with Gasteiger partial charge < -0.3 is 18.7 Å². The van der Waals surface area contributed by atoms with Gasteiger partial charge in [-0.25, -0.2) is 4.79 Å². The van der Waals surface area contributed by atoms with Gasteiger partial charge in [0.1, 0.15) is 29.6 Å². The molecular formula is C16H15ClO5. The molecule has 0 saturated carbocycles. The van der Waals surface area contributed by atoms with Crippen molar-refractivity contribution in [2.24, 2.45) is 0 Å². The topological polar surface area (TPSA) is 72.8 Å². The van der Waals surface area contributed by atoms with Crippen LogP contribution in [-0.4, -0.2) is 22.7 Å². The smallest absolute Gasteiger partial charge is 0.336 e. The second-order valence-electron chi connectivity index (χ2n) is 5.60. The minimum Gasteiger partial charge on any atom is -0.489 e. The number of aliphatic hydroxyl groups is 1. The van der Waals surface area contributed by atoms with Crippen LogP contribution in [0, 0.1) is 0 Å². The van der Waals surface area contributed by atoms with Gasteiger partial charge in [0.15, 0.2) is 0 Å². The molecule has 0 aliphatic rings. The van der Waals surface area contributed by atoms with Crippen molar-refractivity contribution in [1.29, 1.82) is 0 Å². The van der Waals surface area contributed by atoms with E-state index in [9.17, 15) is 9.90 Å². The first kappa shape index (κ1) is 14.9. The van der Waals surface area contributed by atoms with Gasteiger partial charge >= 0.3 is 5.63 Å². The Hall–Kier alpha value is -1.98. The average Bonchev–Trinajstić information content (AvgIpc) is 2.89. The molecule has 0 spiro atoms. The molecule has 116 valence electrons. The quantitative estimate of drug-likeness (QED) is 0.589. The first-order valence-corrected chi connectivity index (χ1v) is 7.18. The Labute approximate surface area is 131 Å². The molecule has 0 fully saturated rings. The standard InChI is InChI=1S/C16H15ClO5/c1-16(2,17)13(18)8-21-15-9-3-4-14(19)22-12(9)7-11-10(15)5-6-20-11/h3-7,13,18H,8H2,1-2H3/t13-/m0/s1. The predicted molar refractivity (Wildman–Crippen MR) is 83.7 cm³/mol. The van der Waals surface area contributed by atoms with Gasteiger partial charge in [0.05, 0.1) is 21.9 Å². The SMILES string of the molecule is CC(C)(Cl)[C@@H](O)COc1c2ccoc2cc2oc(=O)ccc12. The zero-order chi connectivity index (χ0) is 15.9. The van der Waals surface area contributed by atoms with Gasteiger partial charge in [0, 0.05) is 12.1 Å². The Morgan fingerprint density at radius 1 is 1.27 bits per heavy atom. The molecule has 22 heavy (non-hydrogen) atoms. The van der Waals surface area contributed by atoms with Gasteiger partial charge in [-0.2, -0.15) is 0 Å². The molecular weight excluding hydrogens is 308 g/mol. The molecule has 6 heteroatoms. The van der Waals surface area contributed by atoms with E-state index in [1.54, 1.807) is 32.0 Å². The maximum Gasteiger partial charge on any atom is 0.336 e. The first-order chi connectivity index (χ1) is 10.4. The van der Waals surface area contributed by atoms with Crippen molar-refractivity contribution in [2.45, 2.75) is 24.8 Å². The summed E-state index contributed by atoms with van der Waals surface area (Å²) < 4.78 is 16.3. The summed E-state index contributed by atoms with van der Waals surface area (Å²) in [5.41, 5.74) is 0.451. The van der Waals surface area contributed by atoms with Crippen LogP contribution in [0.15, 0.2) is 44.2 Å². The Bertz CT molecular complexity index is 871. The maximum absolute atomic E-state index is 11.4. The number of aliphatic hydroxyl groups excluding tert-OH is 1. The average molecular weight is 323 g/mol. The lowest BCUT2D eigenvalue weighted by Gasteiger charge is -2.23. The van der Waals surface area contributed by atoms with Crippen molar-refractivity contribution in [1.82, 2.24) is 0 Å². The Balaban J connectivity index is 2.08. The third kappa shape index (κ3) is 2.69. The second-order valence-corrected chi connectivity index (χ2v) is 6.57. The highest BCUT2D eigenvalue weighted by Gasteiger charge is 2.26. The highest BCUT2D eigenvalue weighted by molar-refractivity contribution is 6.23. The number of hydrogen-bond donors (Lipinski definition) is 1. The lowest BCUT2D eigenvalue weighted by molar-refractivity contribution is 0.0820. The van der Waals surface area contributed by atoms with Crippen LogP contribution in [0.3, 0.4) is 0 Å². The van der Waals surface area contributed by atoms with Crippen molar-refractivity contribution < 1.29 is 18.7 Å². The summed E-state index contributed by atoms with van der Waals surface area (Å²) >= 11 is 6.08. The third-order valence-electron chi connectivity index (χ3n) is 3.49. The van der Waals surface area contributed by atoms with E-state index in [4.69, 9.17) is 25.2 Å². The van der Waals surface area contributed by atoms with Crippen molar-refractivity contribution in [3.63, 3.8) is 0 Å². The number of furan rings is 1. The van der Waals surface area contributed by atoms with Crippen LogP contribution in [0.25, 0.3) is 21.9 Å². The summed E-state index contributed by atoms with van der Waals surface area (Å²) in [6.07, 6.45) is 0.665. The molecule has 0 amide bonds. The highest BCUT2D eigenvalue weighted by atomic mass is 35.5. The predicted octanol–water partition coefficient (Wildman–Crippen LogP) is 3.30. The van der Waals surface area contributed by atoms with Gasteiger partial charge in [-0.15, -0.1) is 11.6 Å². The molecule has 2 heterocycles. The molecule has 1 N–H and O–H groups in total. The number of benzene rings is 1. The van der Waals surface area contributed by atoms with Crippen LogP contribution in [0.1, 0.15) is 13.8 Å². The normalized spacial score (nSPS) is 13.6. The summed E-state index contributed by atoms with van der Waals surface area (Å²) in [7, 11) is 0. The number of rotatable bonds is 4. The van der Waals surface area contributed by atoms with Crippen LogP contribution < -0.4 is 10.4 Å². The van der Waals surface area contributed by atoms with Gasteiger partial charge in [-0.1, -0.05) is 0 Å². The molecule has 0 saturated heterocycles. The van der Waals surface area contributed by atoms with E-state index in [1.165, 1.54) is 12.3 Å². The maximum atomic E-state index is 11.4. The van der Waals surface area contributed by atoms with Gasteiger partial charge in [0.2, 0.25) is 0 Å². The summed E-state index contributed by atoms with van der Waals surface area (Å²) in [5, 5.41) is 11.4. The monoisotopic (exact) mass is 322 g/mol. The van der Waals surface area contributed by atoms with Crippen molar-refractivity contribution in [3.05, 3.63) is 40.9 Å². The first-order valence-electron chi connectivity index (χ1n) is 6.80. The lowest BCUT2D eigenvalue weighted by atomic mass is 10.1. The van der Waals surface area contributed by atoms with Crippen LogP contribution in [0.5, 0.6) is 5.75 Å². The van der Waals surface area contributed by atoms with E-state index >= 15 is 0 Å². The van der Waals surface area contributed by atoms with Crippen molar-refractivity contribution >= 4 is 33.5 Å². The molecule has 0 radical (unpaired) electrons. The minimum atomic E-state index is -0.859. The largest absolute Gasteiger partial charge is 0.489 e. The molecule has 2 aromatic heterocycles. The van der Waals surface area contributed by atoms with E-state index in [-0.39, 0.29) is 6.61 Å². The molecule has 0 unspecified atom stereocenters. The van der Waals surface area contributed by atoms with E-state index < -0.39 is 16.6 Å². The molecule has 0 aliphatic carbocycles. The third-order valence-corrected chi connectivity index (χ3v) is 3.74. The molecule has 5 nitrogen and oxygen atoms in total. The van der Waals surface area contributed by atoms with Crippen LogP contribution in [0.4, 0.5) is 0 Å². The summed E-state index contributed by atoms with van der Waals surface area (Å²) in [4.78, 5) is 10.6. The summed E-state index contributed by atoms with van der Waals surface area (Å²) in [6, 6.07) is 6.35. The van der Waals surface area contributed by atoms with Gasteiger partial charge in [-0.05, 0) is 26.0 Å². The summed E-state index contributed by atoms with van der Waals surface area (Å²) in [5.74, 6) is 0.491. The Kier molecular flexibility index (Phi) is 3.62. The van der Waals surface area contributed by atoms with E-state index in [1.807, 2.05) is 0 Å². The zero-order valence-electron chi connectivity index (χ0n) is 12.1. The fourth-order valence-electron chi connectivity index (χ4n) is 2.13. The van der Waals surface area contributed by atoms with Crippen molar-refractivity contribution in [2.75, 3.05) is 6.61 Å². The number of ether oxygens (including phenoxy) is 1. The van der Waals surface area contributed by atoms with Crippen LogP contribution >= 0.6 is 11.6 Å². The fourth-order valence-corrected chi connectivity index (χ4v) is 2.19. The van der Waals surface area contributed by atoms with Crippen LogP contribution in [-0.2, 0) is 0 Å². The fraction of sp³-hybridized carbons (Fsp3) is 0.312. The number of alkyl halides is 1. The second kappa shape index (κ2) is 5.34. The van der Waals surface area contributed by atoms with E-state index in [2.05, 4.69) is 0 Å². The molecule has 1 atom stereocenters. The van der Waals surface area contributed by atoms with Crippen LogP contribution in [0.2, 0.25) is 0 Å². The molecule has 0 bridgehead atoms. The Morgan fingerprint density at radius 2 is 2.00 bits per heavy atom. The summed E-state index contributed by atoms with van der Waals surface area (Å²) in [6.45, 7) is 3.42.